The van der Waals surface area contributed by atoms with E-state index in [1.807, 2.05) is 29.9 Å². The number of likely N-dealkylation sites (tertiary alicyclic amines) is 1. The van der Waals surface area contributed by atoms with Crippen LogP contribution in [0.25, 0.3) is 10.9 Å². The molecule has 1 aromatic heterocycles. The van der Waals surface area contributed by atoms with Gasteiger partial charge in [0.15, 0.2) is 0 Å². The van der Waals surface area contributed by atoms with Crippen LogP contribution in [0.15, 0.2) is 18.2 Å². The highest BCUT2D eigenvalue weighted by atomic mass is 35.5. The Hall–Kier alpha value is -1.57. The molecule has 0 radical (unpaired) electrons. The lowest BCUT2D eigenvalue weighted by Gasteiger charge is -2.28. The second-order valence-corrected chi connectivity index (χ2v) is 5.81. The Kier molecular flexibility index (Phi) is 3.64. The minimum atomic E-state index is 0.147. The number of aryl methyl sites for hydroxylation is 1. The molecule has 1 aliphatic rings. The van der Waals surface area contributed by atoms with Crippen molar-refractivity contribution >= 4 is 22.5 Å². The predicted molar refractivity (Wildman–Crippen MR) is 79.3 cm³/mol. The third-order valence-electron chi connectivity index (χ3n) is 3.96. The second-order valence-electron chi connectivity index (χ2n) is 5.41. The van der Waals surface area contributed by atoms with Crippen LogP contribution in [0.2, 0.25) is 5.02 Å². The zero-order chi connectivity index (χ0) is 14.1. The first kappa shape index (κ1) is 13.4. The molecular weight excluding hydrogens is 272 g/mol. The average Bonchev–Trinajstić information content (AvgIpc) is 2.77. The van der Waals surface area contributed by atoms with Crippen LogP contribution in [-0.4, -0.2) is 27.8 Å². The summed E-state index contributed by atoms with van der Waals surface area (Å²) in [7, 11) is 1.94. The van der Waals surface area contributed by atoms with Gasteiger partial charge in [0.05, 0.1) is 28.2 Å². The van der Waals surface area contributed by atoms with Gasteiger partial charge in [-0.15, -0.1) is 0 Å². The molecular formula is C15H17ClN4. The molecule has 0 spiro atoms. The molecule has 4 nitrogen and oxygen atoms in total. The third-order valence-corrected chi connectivity index (χ3v) is 4.28. The molecule has 1 aliphatic heterocycles. The van der Waals surface area contributed by atoms with Crippen LogP contribution < -0.4 is 0 Å². The number of nitriles is 1. The van der Waals surface area contributed by atoms with E-state index in [1.54, 1.807) is 0 Å². The van der Waals surface area contributed by atoms with Gasteiger partial charge in [-0.1, -0.05) is 17.7 Å². The molecule has 2 aromatic rings. The smallest absolute Gasteiger partial charge is 0.0858 e. The molecule has 0 amide bonds. The van der Waals surface area contributed by atoms with E-state index < -0.39 is 0 Å². The van der Waals surface area contributed by atoms with Gasteiger partial charge in [-0.3, -0.25) is 9.58 Å². The van der Waals surface area contributed by atoms with Crippen molar-refractivity contribution in [1.29, 1.82) is 5.26 Å². The number of rotatable bonds is 2. The largest absolute Gasteiger partial charge is 0.296 e. The van der Waals surface area contributed by atoms with Crippen molar-refractivity contribution in [3.63, 3.8) is 0 Å². The van der Waals surface area contributed by atoms with Gasteiger partial charge in [-0.25, -0.2) is 0 Å². The van der Waals surface area contributed by atoms with Crippen LogP contribution in [-0.2, 0) is 13.6 Å². The highest BCUT2D eigenvalue weighted by Gasteiger charge is 2.21. The maximum Gasteiger partial charge on any atom is 0.0858 e. The molecule has 1 fully saturated rings. The minimum Gasteiger partial charge on any atom is -0.296 e. The lowest BCUT2D eigenvalue weighted by molar-refractivity contribution is 0.190. The van der Waals surface area contributed by atoms with Crippen LogP contribution in [0.3, 0.4) is 0 Å². The summed E-state index contributed by atoms with van der Waals surface area (Å²) in [5, 5.41) is 15.5. The summed E-state index contributed by atoms with van der Waals surface area (Å²) in [6, 6.07) is 8.27. The molecule has 1 saturated heterocycles. The molecule has 0 bridgehead atoms. The Morgan fingerprint density at radius 2 is 2.35 bits per heavy atom. The first-order valence-corrected chi connectivity index (χ1v) is 7.29. The van der Waals surface area contributed by atoms with Gasteiger partial charge in [0.1, 0.15) is 0 Å². The van der Waals surface area contributed by atoms with Crippen molar-refractivity contribution in [3.8, 4) is 6.07 Å². The van der Waals surface area contributed by atoms with Gasteiger partial charge in [-0.2, -0.15) is 10.4 Å². The number of hydrogen-bond donors (Lipinski definition) is 0. The van der Waals surface area contributed by atoms with Gasteiger partial charge in [0.25, 0.3) is 0 Å². The highest BCUT2D eigenvalue weighted by molar-refractivity contribution is 6.35. The van der Waals surface area contributed by atoms with E-state index in [1.165, 1.54) is 0 Å². The summed E-state index contributed by atoms with van der Waals surface area (Å²) in [5.41, 5.74) is 2.06. The summed E-state index contributed by atoms with van der Waals surface area (Å²) in [4.78, 5) is 2.31. The summed E-state index contributed by atoms with van der Waals surface area (Å²) in [6.07, 6.45) is 2.09. The van der Waals surface area contributed by atoms with E-state index in [-0.39, 0.29) is 5.92 Å². The van der Waals surface area contributed by atoms with Crippen molar-refractivity contribution in [2.75, 3.05) is 13.1 Å². The fraction of sp³-hybridized carbons (Fsp3) is 0.467. The molecule has 3 rings (SSSR count). The minimum absolute atomic E-state index is 0.147. The molecule has 2 heterocycles. The van der Waals surface area contributed by atoms with E-state index in [9.17, 15) is 0 Å². The maximum atomic E-state index is 9.08. The number of halogens is 1. The normalized spacial score (nSPS) is 20.1. The molecule has 5 heteroatoms. The Morgan fingerprint density at radius 3 is 3.15 bits per heavy atom. The van der Waals surface area contributed by atoms with Crippen molar-refractivity contribution in [3.05, 3.63) is 28.9 Å². The maximum absolute atomic E-state index is 9.08. The van der Waals surface area contributed by atoms with Crippen LogP contribution in [0, 0.1) is 17.2 Å². The molecule has 1 aromatic carbocycles. The van der Waals surface area contributed by atoms with Crippen LogP contribution in [0.5, 0.6) is 0 Å². The number of piperidine rings is 1. The Labute approximate surface area is 123 Å². The molecule has 104 valence electrons. The van der Waals surface area contributed by atoms with Crippen molar-refractivity contribution in [2.24, 2.45) is 13.0 Å². The Morgan fingerprint density at radius 1 is 1.50 bits per heavy atom. The molecule has 0 N–H and O–H groups in total. The Bertz CT molecular complexity index is 670. The van der Waals surface area contributed by atoms with E-state index >= 15 is 0 Å². The standard InChI is InChI=1S/C15H17ClN4/c1-19-14-6-2-5-12(16)15(14)13(18-19)10-20-7-3-4-11(8-17)9-20/h2,5-6,11H,3-4,7,9-10H2,1H3/t11-/m1/s1. The summed E-state index contributed by atoms with van der Waals surface area (Å²) >= 11 is 6.32. The number of aromatic nitrogens is 2. The number of hydrogen-bond acceptors (Lipinski definition) is 3. The molecule has 1 atom stereocenters. The fourth-order valence-electron chi connectivity index (χ4n) is 2.98. The molecule has 20 heavy (non-hydrogen) atoms. The van der Waals surface area contributed by atoms with Gasteiger partial charge < -0.3 is 0 Å². The number of fused-ring (bicyclic) bond motifs is 1. The number of nitrogens with zero attached hydrogens (tertiary/aromatic N) is 4. The van der Waals surface area contributed by atoms with E-state index in [0.29, 0.717) is 0 Å². The van der Waals surface area contributed by atoms with Gasteiger partial charge in [0, 0.05) is 25.5 Å². The van der Waals surface area contributed by atoms with E-state index in [0.717, 1.165) is 54.1 Å². The van der Waals surface area contributed by atoms with Gasteiger partial charge in [-0.05, 0) is 31.5 Å². The monoisotopic (exact) mass is 288 g/mol. The summed E-state index contributed by atoms with van der Waals surface area (Å²) in [6.45, 7) is 2.62. The van der Waals surface area contributed by atoms with Crippen molar-refractivity contribution in [1.82, 2.24) is 14.7 Å². The zero-order valence-electron chi connectivity index (χ0n) is 11.5. The van der Waals surface area contributed by atoms with Gasteiger partial charge >= 0.3 is 0 Å². The van der Waals surface area contributed by atoms with Crippen LogP contribution in [0.4, 0.5) is 0 Å². The molecule has 0 aliphatic carbocycles. The quantitative estimate of drug-likeness (QED) is 0.853. The molecule has 0 unspecified atom stereocenters. The lowest BCUT2D eigenvalue weighted by Crippen LogP contribution is -2.34. The topological polar surface area (TPSA) is 44.9 Å². The first-order chi connectivity index (χ1) is 9.69. The van der Waals surface area contributed by atoms with E-state index in [4.69, 9.17) is 16.9 Å². The van der Waals surface area contributed by atoms with E-state index in [2.05, 4.69) is 16.1 Å². The first-order valence-electron chi connectivity index (χ1n) is 6.91. The highest BCUT2D eigenvalue weighted by Crippen LogP contribution is 2.28. The number of benzene rings is 1. The summed E-state index contributed by atoms with van der Waals surface area (Å²) < 4.78 is 1.88. The second kappa shape index (κ2) is 5.43. The van der Waals surface area contributed by atoms with Crippen molar-refractivity contribution < 1.29 is 0 Å². The zero-order valence-corrected chi connectivity index (χ0v) is 12.3. The fourth-order valence-corrected chi connectivity index (χ4v) is 3.26. The van der Waals surface area contributed by atoms with Crippen LogP contribution in [0.1, 0.15) is 18.5 Å². The Balaban J connectivity index is 1.90. The SMILES string of the molecule is Cn1nc(CN2CCC[C@H](C#N)C2)c2c(Cl)cccc21. The van der Waals surface area contributed by atoms with Crippen LogP contribution >= 0.6 is 11.6 Å². The summed E-state index contributed by atoms with van der Waals surface area (Å²) in [5.74, 6) is 0.147. The van der Waals surface area contributed by atoms with Gasteiger partial charge in [0.2, 0.25) is 0 Å². The third kappa shape index (κ3) is 2.39. The lowest BCUT2D eigenvalue weighted by atomic mass is 9.99. The predicted octanol–water partition coefficient (Wildman–Crippen LogP) is 2.96. The van der Waals surface area contributed by atoms with Crippen molar-refractivity contribution in [2.45, 2.75) is 19.4 Å². The molecule has 0 saturated carbocycles. The average molecular weight is 289 g/mol.